The van der Waals surface area contributed by atoms with Crippen LogP contribution in [0.4, 0.5) is 0 Å². The molecule has 0 saturated heterocycles. The number of hydrogen-bond acceptors (Lipinski definition) is 3. The Hall–Kier alpha value is -2.01. The summed E-state index contributed by atoms with van der Waals surface area (Å²) in [5.74, 6) is -0.984. The summed E-state index contributed by atoms with van der Waals surface area (Å²) in [6.07, 6.45) is 1.60. The lowest BCUT2D eigenvalue weighted by Gasteiger charge is -2.16. The first kappa shape index (κ1) is 16.0. The van der Waals surface area contributed by atoms with Gasteiger partial charge in [-0.2, -0.15) is 0 Å². The van der Waals surface area contributed by atoms with Crippen molar-refractivity contribution >= 4 is 29.6 Å². The standard InChI is InChI=1S/C14H16ClNO4/c1-3-16-14(19)9(2)20-12-6-4-5-11(15)10(12)7-8-13(17)18/h4-9H,3H2,1-2H3,(H,16,19)(H,17,18)/b8-7+. The molecule has 0 saturated carbocycles. The van der Waals surface area contributed by atoms with Gasteiger partial charge in [0.15, 0.2) is 6.10 Å². The molecule has 1 rings (SSSR count). The SMILES string of the molecule is CCNC(=O)C(C)Oc1cccc(Cl)c1/C=C/C(=O)O. The molecular weight excluding hydrogens is 282 g/mol. The number of carbonyl (C=O) groups excluding carboxylic acids is 1. The van der Waals surface area contributed by atoms with Crippen molar-refractivity contribution in [2.75, 3.05) is 6.54 Å². The molecule has 0 aromatic heterocycles. The lowest BCUT2D eigenvalue weighted by atomic mass is 10.2. The third kappa shape index (κ3) is 4.59. The minimum absolute atomic E-state index is 0.249. The molecule has 2 N–H and O–H groups in total. The van der Waals surface area contributed by atoms with Crippen LogP contribution >= 0.6 is 11.6 Å². The van der Waals surface area contributed by atoms with Crippen molar-refractivity contribution in [2.45, 2.75) is 20.0 Å². The molecule has 0 spiro atoms. The number of carbonyl (C=O) groups is 2. The zero-order valence-corrected chi connectivity index (χ0v) is 12.0. The maximum Gasteiger partial charge on any atom is 0.328 e. The predicted molar refractivity (Wildman–Crippen MR) is 76.9 cm³/mol. The first-order valence-corrected chi connectivity index (χ1v) is 6.47. The number of benzene rings is 1. The number of halogens is 1. The van der Waals surface area contributed by atoms with E-state index in [9.17, 15) is 9.59 Å². The average Bonchev–Trinajstić information content (AvgIpc) is 2.38. The normalized spacial score (nSPS) is 12.2. The molecule has 5 nitrogen and oxygen atoms in total. The van der Waals surface area contributed by atoms with E-state index in [0.717, 1.165) is 6.08 Å². The van der Waals surface area contributed by atoms with Gasteiger partial charge in [0.2, 0.25) is 0 Å². The van der Waals surface area contributed by atoms with Gasteiger partial charge >= 0.3 is 5.97 Å². The molecule has 20 heavy (non-hydrogen) atoms. The number of rotatable bonds is 6. The Labute approximate surface area is 122 Å². The lowest BCUT2D eigenvalue weighted by Crippen LogP contribution is -2.36. The molecule has 0 bridgehead atoms. The molecule has 6 heteroatoms. The summed E-state index contributed by atoms with van der Waals surface area (Å²) in [5, 5.41) is 11.7. The molecule has 0 heterocycles. The number of hydrogen-bond donors (Lipinski definition) is 2. The Morgan fingerprint density at radius 3 is 2.80 bits per heavy atom. The second-order valence-electron chi connectivity index (χ2n) is 3.98. The predicted octanol–water partition coefficient (Wildman–Crippen LogP) is 2.34. The van der Waals surface area contributed by atoms with Gasteiger partial charge in [-0.1, -0.05) is 17.7 Å². The first-order chi connectivity index (χ1) is 9.45. The highest BCUT2D eigenvalue weighted by Crippen LogP contribution is 2.28. The molecule has 1 aromatic carbocycles. The topological polar surface area (TPSA) is 75.6 Å². The molecule has 0 fully saturated rings. The van der Waals surface area contributed by atoms with Crippen molar-refractivity contribution in [2.24, 2.45) is 0 Å². The summed E-state index contributed by atoms with van der Waals surface area (Å²) in [6.45, 7) is 3.93. The Morgan fingerprint density at radius 2 is 2.20 bits per heavy atom. The first-order valence-electron chi connectivity index (χ1n) is 6.09. The Balaban J connectivity index is 2.97. The Kier molecular flexibility index (Phi) is 6.06. The number of likely N-dealkylation sites (N-methyl/N-ethyl adjacent to an activating group) is 1. The summed E-state index contributed by atoms with van der Waals surface area (Å²) in [6, 6.07) is 4.91. The second-order valence-corrected chi connectivity index (χ2v) is 4.39. The van der Waals surface area contributed by atoms with Crippen LogP contribution in [0.25, 0.3) is 6.08 Å². The van der Waals surface area contributed by atoms with E-state index in [1.807, 2.05) is 6.92 Å². The third-order valence-corrected chi connectivity index (χ3v) is 2.76. The maximum absolute atomic E-state index is 11.6. The molecule has 1 unspecified atom stereocenters. The van der Waals surface area contributed by atoms with Crippen molar-refractivity contribution in [3.63, 3.8) is 0 Å². The van der Waals surface area contributed by atoms with Gasteiger partial charge in [0.1, 0.15) is 5.75 Å². The van der Waals surface area contributed by atoms with E-state index in [1.54, 1.807) is 25.1 Å². The monoisotopic (exact) mass is 297 g/mol. The molecule has 108 valence electrons. The van der Waals surface area contributed by atoms with Crippen molar-refractivity contribution in [3.8, 4) is 5.75 Å². The van der Waals surface area contributed by atoms with E-state index in [2.05, 4.69) is 5.32 Å². The smallest absolute Gasteiger partial charge is 0.328 e. The van der Waals surface area contributed by atoms with Crippen LogP contribution in [0, 0.1) is 0 Å². The van der Waals surface area contributed by atoms with Gasteiger partial charge in [0, 0.05) is 18.2 Å². The van der Waals surface area contributed by atoms with Gasteiger partial charge in [-0.05, 0) is 32.1 Å². The summed E-state index contributed by atoms with van der Waals surface area (Å²) >= 11 is 6.01. The average molecular weight is 298 g/mol. The summed E-state index contributed by atoms with van der Waals surface area (Å²) < 4.78 is 5.53. The molecule has 1 aromatic rings. The number of amides is 1. The fourth-order valence-electron chi connectivity index (χ4n) is 1.50. The van der Waals surface area contributed by atoms with Gasteiger partial charge in [0.05, 0.1) is 5.02 Å². The van der Waals surface area contributed by atoms with Crippen molar-refractivity contribution < 1.29 is 19.4 Å². The van der Waals surface area contributed by atoms with Crippen LogP contribution in [-0.2, 0) is 9.59 Å². The molecule has 1 atom stereocenters. The maximum atomic E-state index is 11.6. The molecular formula is C14H16ClNO4. The molecule has 0 aliphatic rings. The fraction of sp³-hybridized carbons (Fsp3) is 0.286. The van der Waals surface area contributed by atoms with Gasteiger partial charge < -0.3 is 15.2 Å². The van der Waals surface area contributed by atoms with Gasteiger partial charge in [-0.3, -0.25) is 4.79 Å². The molecule has 0 aliphatic heterocycles. The van der Waals surface area contributed by atoms with Crippen LogP contribution in [0.15, 0.2) is 24.3 Å². The lowest BCUT2D eigenvalue weighted by molar-refractivity contribution is -0.131. The van der Waals surface area contributed by atoms with E-state index in [0.29, 0.717) is 22.9 Å². The van der Waals surface area contributed by atoms with Gasteiger partial charge in [-0.25, -0.2) is 4.79 Å². The van der Waals surface area contributed by atoms with Gasteiger partial charge in [-0.15, -0.1) is 0 Å². The molecule has 1 amide bonds. The van der Waals surface area contributed by atoms with Crippen LogP contribution in [-0.4, -0.2) is 29.6 Å². The highest BCUT2D eigenvalue weighted by Gasteiger charge is 2.16. The largest absolute Gasteiger partial charge is 0.480 e. The quantitative estimate of drug-likeness (QED) is 0.790. The van der Waals surface area contributed by atoms with Crippen LogP contribution in [0.5, 0.6) is 5.75 Å². The van der Waals surface area contributed by atoms with E-state index in [1.165, 1.54) is 6.08 Å². The van der Waals surface area contributed by atoms with Crippen molar-refractivity contribution in [1.29, 1.82) is 0 Å². The molecule has 0 aliphatic carbocycles. The number of nitrogens with one attached hydrogen (secondary N) is 1. The molecule has 0 radical (unpaired) electrons. The highest BCUT2D eigenvalue weighted by atomic mass is 35.5. The summed E-state index contributed by atoms with van der Waals surface area (Å²) in [7, 11) is 0. The Bertz CT molecular complexity index is 528. The number of carboxylic acids is 1. The van der Waals surface area contributed by atoms with Gasteiger partial charge in [0.25, 0.3) is 5.91 Å². The van der Waals surface area contributed by atoms with E-state index in [-0.39, 0.29) is 5.91 Å². The number of ether oxygens (including phenoxy) is 1. The van der Waals surface area contributed by atoms with E-state index < -0.39 is 12.1 Å². The number of carboxylic acid groups (broad SMARTS) is 1. The minimum Gasteiger partial charge on any atom is -0.480 e. The third-order valence-electron chi connectivity index (χ3n) is 2.43. The van der Waals surface area contributed by atoms with Crippen LogP contribution in [0.3, 0.4) is 0 Å². The number of aliphatic carboxylic acids is 1. The van der Waals surface area contributed by atoms with E-state index in [4.69, 9.17) is 21.4 Å². The second kappa shape index (κ2) is 7.55. The van der Waals surface area contributed by atoms with Crippen molar-refractivity contribution in [3.05, 3.63) is 34.9 Å². The fourth-order valence-corrected chi connectivity index (χ4v) is 1.73. The van der Waals surface area contributed by atoms with Crippen LogP contribution in [0.1, 0.15) is 19.4 Å². The van der Waals surface area contributed by atoms with E-state index >= 15 is 0 Å². The zero-order chi connectivity index (χ0) is 15.1. The van der Waals surface area contributed by atoms with Crippen LogP contribution < -0.4 is 10.1 Å². The summed E-state index contributed by atoms with van der Waals surface area (Å²) in [5.41, 5.74) is 0.424. The van der Waals surface area contributed by atoms with Crippen LogP contribution in [0.2, 0.25) is 5.02 Å². The minimum atomic E-state index is -1.09. The zero-order valence-electron chi connectivity index (χ0n) is 11.2. The Morgan fingerprint density at radius 1 is 1.50 bits per heavy atom. The highest BCUT2D eigenvalue weighted by molar-refractivity contribution is 6.32. The summed E-state index contributed by atoms with van der Waals surface area (Å²) in [4.78, 5) is 22.2. The van der Waals surface area contributed by atoms with Crippen molar-refractivity contribution in [1.82, 2.24) is 5.32 Å².